The van der Waals surface area contributed by atoms with Gasteiger partial charge in [-0.25, -0.2) is 4.79 Å². The summed E-state index contributed by atoms with van der Waals surface area (Å²) >= 11 is 4.94. The molecule has 0 aliphatic heterocycles. The zero-order valence-electron chi connectivity index (χ0n) is 10.5. The number of hydrogen-bond donors (Lipinski definition) is 1. The molecule has 1 aliphatic rings. The first kappa shape index (κ1) is 14.3. The quantitative estimate of drug-likeness (QED) is 0.891. The molecule has 0 atom stereocenters. The largest absolute Gasteiger partial charge is 0.480 e. The zero-order valence-corrected chi connectivity index (χ0v) is 12.9. The highest BCUT2D eigenvalue weighted by Gasteiger charge is 2.35. The Morgan fingerprint density at radius 1 is 1.53 bits per heavy atom. The average molecular weight is 347 g/mol. The number of carboxylic acid groups (broad SMARTS) is 1. The first-order valence-electron chi connectivity index (χ1n) is 5.94. The second-order valence-electron chi connectivity index (χ2n) is 4.62. The second kappa shape index (κ2) is 5.92. The Kier molecular flexibility index (Phi) is 4.46. The first-order chi connectivity index (χ1) is 8.97. The van der Waals surface area contributed by atoms with Crippen LogP contribution in [0.25, 0.3) is 0 Å². The van der Waals surface area contributed by atoms with E-state index in [1.165, 1.54) is 4.90 Å². The number of urea groups is 1. The van der Waals surface area contributed by atoms with Crippen molar-refractivity contribution in [2.45, 2.75) is 25.4 Å². The zero-order chi connectivity index (χ0) is 14.0. The van der Waals surface area contributed by atoms with Crippen LogP contribution in [0.3, 0.4) is 0 Å². The third-order valence-electron chi connectivity index (χ3n) is 2.88. The van der Waals surface area contributed by atoms with Crippen LogP contribution in [0.4, 0.5) is 4.79 Å². The number of rotatable bonds is 5. The standard InChI is InChI=1S/C12H15BrN2O3S/c1-14(5-10-4-8(13)7-19-10)12(18)15(6-11(16)17)9-2-3-9/h4,7,9H,2-3,5-6H2,1H3,(H,16,17). The summed E-state index contributed by atoms with van der Waals surface area (Å²) < 4.78 is 0.998. The van der Waals surface area contributed by atoms with Gasteiger partial charge in [-0.2, -0.15) is 0 Å². The van der Waals surface area contributed by atoms with Crippen LogP contribution in [0.1, 0.15) is 17.7 Å². The molecule has 1 aliphatic carbocycles. The Morgan fingerprint density at radius 2 is 2.21 bits per heavy atom. The fraction of sp³-hybridized carbons (Fsp3) is 0.500. The molecule has 2 rings (SSSR count). The Labute approximate surface area is 123 Å². The predicted octanol–water partition coefficient (Wildman–Crippen LogP) is 2.61. The number of hydrogen-bond acceptors (Lipinski definition) is 3. The third kappa shape index (κ3) is 3.94. The Bertz CT molecular complexity index is 487. The number of aliphatic carboxylic acids is 1. The monoisotopic (exact) mass is 346 g/mol. The lowest BCUT2D eigenvalue weighted by atomic mass is 10.4. The van der Waals surface area contributed by atoms with Crippen molar-refractivity contribution in [3.05, 3.63) is 20.8 Å². The molecule has 19 heavy (non-hydrogen) atoms. The number of amides is 2. The molecule has 1 fully saturated rings. The van der Waals surface area contributed by atoms with Gasteiger partial charge in [0.05, 0.1) is 6.54 Å². The number of carbonyl (C=O) groups is 2. The molecule has 0 unspecified atom stereocenters. The van der Waals surface area contributed by atoms with E-state index >= 15 is 0 Å². The summed E-state index contributed by atoms with van der Waals surface area (Å²) in [6, 6.07) is 1.85. The van der Waals surface area contributed by atoms with Crippen LogP contribution in [0.5, 0.6) is 0 Å². The van der Waals surface area contributed by atoms with Crippen LogP contribution < -0.4 is 0 Å². The van der Waals surface area contributed by atoms with Gasteiger partial charge in [-0.15, -0.1) is 11.3 Å². The number of thiophene rings is 1. The summed E-state index contributed by atoms with van der Waals surface area (Å²) in [6.07, 6.45) is 1.80. The lowest BCUT2D eigenvalue weighted by Gasteiger charge is -2.26. The van der Waals surface area contributed by atoms with E-state index in [1.54, 1.807) is 23.3 Å². The highest BCUT2D eigenvalue weighted by atomic mass is 79.9. The van der Waals surface area contributed by atoms with Crippen molar-refractivity contribution in [2.75, 3.05) is 13.6 Å². The molecule has 0 bridgehead atoms. The van der Waals surface area contributed by atoms with Crippen LogP contribution in [0, 0.1) is 0 Å². The number of carboxylic acids is 1. The van der Waals surface area contributed by atoms with Crippen molar-refractivity contribution < 1.29 is 14.7 Å². The molecule has 0 aromatic carbocycles. The van der Waals surface area contributed by atoms with Crippen LogP contribution in [0.15, 0.2) is 15.9 Å². The van der Waals surface area contributed by atoms with E-state index in [0.717, 1.165) is 22.2 Å². The van der Waals surface area contributed by atoms with E-state index in [9.17, 15) is 9.59 Å². The molecule has 1 heterocycles. The Morgan fingerprint density at radius 3 is 2.68 bits per heavy atom. The minimum atomic E-state index is -0.965. The highest BCUT2D eigenvalue weighted by molar-refractivity contribution is 9.10. The topological polar surface area (TPSA) is 60.9 Å². The molecular weight excluding hydrogens is 332 g/mol. The molecule has 1 saturated carbocycles. The first-order valence-corrected chi connectivity index (χ1v) is 7.61. The summed E-state index contributed by atoms with van der Waals surface area (Å²) in [4.78, 5) is 27.1. The lowest BCUT2D eigenvalue weighted by molar-refractivity contribution is -0.137. The SMILES string of the molecule is CN(Cc1cc(Br)cs1)C(=O)N(CC(=O)O)C1CC1. The predicted molar refractivity (Wildman–Crippen MR) is 76.2 cm³/mol. The molecule has 1 N–H and O–H groups in total. The van der Waals surface area contributed by atoms with Crippen LogP contribution in [-0.2, 0) is 11.3 Å². The van der Waals surface area contributed by atoms with E-state index in [-0.39, 0.29) is 18.6 Å². The molecule has 0 spiro atoms. The molecule has 1 aromatic heterocycles. The molecule has 1 aromatic rings. The van der Waals surface area contributed by atoms with E-state index < -0.39 is 5.97 Å². The van der Waals surface area contributed by atoms with Crippen molar-refractivity contribution in [3.63, 3.8) is 0 Å². The molecule has 2 amide bonds. The lowest BCUT2D eigenvalue weighted by Crippen LogP contribution is -2.44. The summed E-state index contributed by atoms with van der Waals surface area (Å²) in [5.74, 6) is -0.965. The second-order valence-corrected chi connectivity index (χ2v) is 6.53. The molecule has 5 nitrogen and oxygen atoms in total. The fourth-order valence-corrected chi connectivity index (χ4v) is 3.35. The average Bonchev–Trinajstić information content (AvgIpc) is 3.09. The molecule has 0 radical (unpaired) electrons. The maximum absolute atomic E-state index is 12.3. The molecule has 0 saturated heterocycles. The summed E-state index contributed by atoms with van der Waals surface area (Å²) in [5.41, 5.74) is 0. The van der Waals surface area contributed by atoms with Crippen molar-refractivity contribution >= 4 is 39.3 Å². The number of carbonyl (C=O) groups excluding carboxylic acids is 1. The molecule has 7 heteroatoms. The third-order valence-corrected chi connectivity index (χ3v) is 4.56. The summed E-state index contributed by atoms with van der Waals surface area (Å²) in [5, 5.41) is 10.8. The minimum absolute atomic E-state index is 0.0983. The van der Waals surface area contributed by atoms with Crippen LogP contribution in [-0.4, -0.2) is 46.5 Å². The summed E-state index contributed by atoms with van der Waals surface area (Å²) in [7, 11) is 1.70. The van der Waals surface area contributed by atoms with E-state index in [0.29, 0.717) is 6.54 Å². The van der Waals surface area contributed by atoms with Crippen molar-refractivity contribution in [2.24, 2.45) is 0 Å². The summed E-state index contributed by atoms with van der Waals surface area (Å²) in [6.45, 7) is 0.278. The van der Waals surface area contributed by atoms with Gasteiger partial charge < -0.3 is 14.9 Å². The normalized spacial score (nSPS) is 14.2. The van der Waals surface area contributed by atoms with Crippen molar-refractivity contribution in [3.8, 4) is 0 Å². The molecular formula is C12H15BrN2O3S. The van der Waals surface area contributed by atoms with Gasteiger partial charge in [0, 0.05) is 27.8 Å². The van der Waals surface area contributed by atoms with Gasteiger partial charge in [-0.1, -0.05) is 0 Å². The highest BCUT2D eigenvalue weighted by Crippen LogP contribution is 2.28. The van der Waals surface area contributed by atoms with Gasteiger partial charge in [0.2, 0.25) is 0 Å². The Hall–Kier alpha value is -1.08. The van der Waals surface area contributed by atoms with Gasteiger partial charge in [0.1, 0.15) is 6.54 Å². The van der Waals surface area contributed by atoms with Gasteiger partial charge in [-0.05, 0) is 34.8 Å². The maximum Gasteiger partial charge on any atom is 0.323 e. The minimum Gasteiger partial charge on any atom is -0.480 e. The smallest absolute Gasteiger partial charge is 0.323 e. The van der Waals surface area contributed by atoms with Gasteiger partial charge in [0.15, 0.2) is 0 Å². The van der Waals surface area contributed by atoms with Crippen LogP contribution >= 0.6 is 27.3 Å². The number of nitrogens with zero attached hydrogens (tertiary/aromatic N) is 2. The number of halogens is 1. The maximum atomic E-state index is 12.3. The van der Waals surface area contributed by atoms with E-state index in [2.05, 4.69) is 15.9 Å². The molecule has 104 valence electrons. The van der Waals surface area contributed by atoms with Gasteiger partial charge in [-0.3, -0.25) is 4.79 Å². The van der Waals surface area contributed by atoms with E-state index in [1.807, 2.05) is 11.4 Å². The van der Waals surface area contributed by atoms with Crippen LogP contribution in [0.2, 0.25) is 0 Å². The van der Waals surface area contributed by atoms with Crippen molar-refractivity contribution in [1.29, 1.82) is 0 Å². The fourth-order valence-electron chi connectivity index (χ4n) is 1.84. The van der Waals surface area contributed by atoms with E-state index in [4.69, 9.17) is 5.11 Å². The van der Waals surface area contributed by atoms with Gasteiger partial charge in [0.25, 0.3) is 0 Å². The Balaban J connectivity index is 1.98. The van der Waals surface area contributed by atoms with Crippen molar-refractivity contribution in [1.82, 2.24) is 9.80 Å². The van der Waals surface area contributed by atoms with Gasteiger partial charge >= 0.3 is 12.0 Å².